The summed E-state index contributed by atoms with van der Waals surface area (Å²) < 4.78 is 13.7. The van der Waals surface area contributed by atoms with Crippen molar-refractivity contribution in [3.8, 4) is 11.3 Å². The summed E-state index contributed by atoms with van der Waals surface area (Å²) >= 11 is 0. The van der Waals surface area contributed by atoms with Crippen molar-refractivity contribution in [2.24, 2.45) is 0 Å². The van der Waals surface area contributed by atoms with E-state index in [9.17, 15) is 4.39 Å². The van der Waals surface area contributed by atoms with Crippen LogP contribution in [0.1, 0.15) is 11.1 Å². The van der Waals surface area contributed by atoms with Gasteiger partial charge in [0.15, 0.2) is 0 Å². The number of anilines is 1. The first-order valence-corrected chi connectivity index (χ1v) is 4.93. The molecule has 0 amide bonds. The van der Waals surface area contributed by atoms with Gasteiger partial charge in [0.2, 0.25) is 0 Å². The number of benzene rings is 1. The standard InChI is InChI=1S/C12H12FN3/c1-7-3-4-10(13)9(5-7)11-8(2)12(14)16-6-15-11/h3-6H,1-2H3,(H2,14,15,16). The Kier molecular flexibility index (Phi) is 2.56. The molecule has 82 valence electrons. The van der Waals surface area contributed by atoms with Crippen LogP contribution in [0, 0.1) is 19.7 Å². The first-order chi connectivity index (χ1) is 7.59. The zero-order valence-electron chi connectivity index (χ0n) is 9.16. The van der Waals surface area contributed by atoms with Crippen LogP contribution >= 0.6 is 0 Å². The Balaban J connectivity index is 2.67. The molecule has 1 aromatic carbocycles. The SMILES string of the molecule is Cc1ccc(F)c(-c2ncnc(N)c2C)c1. The second-order valence-corrected chi connectivity index (χ2v) is 3.72. The van der Waals surface area contributed by atoms with E-state index in [2.05, 4.69) is 9.97 Å². The van der Waals surface area contributed by atoms with Crippen LogP contribution in [0.2, 0.25) is 0 Å². The summed E-state index contributed by atoms with van der Waals surface area (Å²) in [6, 6.07) is 4.91. The lowest BCUT2D eigenvalue weighted by Crippen LogP contribution is -1.99. The van der Waals surface area contributed by atoms with Crippen molar-refractivity contribution in [3.63, 3.8) is 0 Å². The van der Waals surface area contributed by atoms with Gasteiger partial charge in [-0.2, -0.15) is 0 Å². The molecule has 2 aromatic rings. The highest BCUT2D eigenvalue weighted by molar-refractivity contribution is 5.67. The second-order valence-electron chi connectivity index (χ2n) is 3.72. The van der Waals surface area contributed by atoms with Crippen LogP contribution in [-0.2, 0) is 0 Å². The van der Waals surface area contributed by atoms with E-state index in [1.807, 2.05) is 6.92 Å². The second kappa shape index (κ2) is 3.89. The largest absolute Gasteiger partial charge is 0.383 e. The maximum atomic E-state index is 13.7. The van der Waals surface area contributed by atoms with E-state index in [-0.39, 0.29) is 5.82 Å². The number of aryl methyl sites for hydroxylation is 1. The number of nitrogens with two attached hydrogens (primary N) is 1. The van der Waals surface area contributed by atoms with E-state index >= 15 is 0 Å². The summed E-state index contributed by atoms with van der Waals surface area (Å²) in [6.45, 7) is 3.69. The molecule has 2 rings (SSSR count). The van der Waals surface area contributed by atoms with E-state index < -0.39 is 0 Å². The Hall–Kier alpha value is -1.97. The monoisotopic (exact) mass is 217 g/mol. The smallest absolute Gasteiger partial charge is 0.132 e. The van der Waals surface area contributed by atoms with Crippen molar-refractivity contribution >= 4 is 5.82 Å². The van der Waals surface area contributed by atoms with E-state index in [0.717, 1.165) is 5.56 Å². The lowest BCUT2D eigenvalue weighted by Gasteiger charge is -2.08. The van der Waals surface area contributed by atoms with Crippen molar-refractivity contribution < 1.29 is 4.39 Å². The first kappa shape index (κ1) is 10.5. The van der Waals surface area contributed by atoms with Gasteiger partial charge in [0.25, 0.3) is 0 Å². The highest BCUT2D eigenvalue weighted by Gasteiger charge is 2.11. The van der Waals surface area contributed by atoms with E-state index in [1.165, 1.54) is 12.4 Å². The normalized spacial score (nSPS) is 10.4. The van der Waals surface area contributed by atoms with Gasteiger partial charge in [-0.25, -0.2) is 14.4 Å². The zero-order valence-corrected chi connectivity index (χ0v) is 9.16. The molecule has 0 aliphatic carbocycles. The summed E-state index contributed by atoms with van der Waals surface area (Å²) in [5.74, 6) is 0.0812. The maximum absolute atomic E-state index is 13.7. The molecule has 3 nitrogen and oxygen atoms in total. The molecule has 0 spiro atoms. The summed E-state index contributed by atoms with van der Waals surface area (Å²) in [4.78, 5) is 7.94. The summed E-state index contributed by atoms with van der Waals surface area (Å²) in [7, 11) is 0. The Morgan fingerprint density at radius 3 is 2.69 bits per heavy atom. The van der Waals surface area contributed by atoms with Crippen molar-refractivity contribution in [3.05, 3.63) is 41.5 Å². The minimum Gasteiger partial charge on any atom is -0.383 e. The number of nitrogen functional groups attached to an aromatic ring is 1. The highest BCUT2D eigenvalue weighted by atomic mass is 19.1. The fraction of sp³-hybridized carbons (Fsp3) is 0.167. The molecule has 0 saturated heterocycles. The quantitative estimate of drug-likeness (QED) is 0.798. The van der Waals surface area contributed by atoms with Crippen molar-refractivity contribution in [1.29, 1.82) is 0 Å². The van der Waals surface area contributed by atoms with E-state index in [0.29, 0.717) is 22.6 Å². The molecule has 0 saturated carbocycles. The number of hydrogen-bond donors (Lipinski definition) is 1. The van der Waals surface area contributed by atoms with Crippen LogP contribution in [0.4, 0.5) is 10.2 Å². The van der Waals surface area contributed by atoms with Crippen LogP contribution in [-0.4, -0.2) is 9.97 Å². The molecule has 1 heterocycles. The molecule has 0 atom stereocenters. The Labute approximate surface area is 93.2 Å². The summed E-state index contributed by atoms with van der Waals surface area (Å²) in [6.07, 6.45) is 1.35. The topological polar surface area (TPSA) is 51.8 Å². The number of nitrogens with zero attached hydrogens (tertiary/aromatic N) is 2. The molecule has 0 aliphatic heterocycles. The van der Waals surface area contributed by atoms with Crippen molar-refractivity contribution in [2.75, 3.05) is 5.73 Å². The first-order valence-electron chi connectivity index (χ1n) is 4.93. The van der Waals surface area contributed by atoms with Gasteiger partial charge in [-0.05, 0) is 26.0 Å². The van der Waals surface area contributed by atoms with Gasteiger partial charge < -0.3 is 5.73 Å². The molecule has 1 aromatic heterocycles. The minimum absolute atomic E-state index is 0.299. The van der Waals surface area contributed by atoms with Gasteiger partial charge in [-0.15, -0.1) is 0 Å². The Morgan fingerprint density at radius 2 is 1.94 bits per heavy atom. The number of aromatic nitrogens is 2. The average Bonchev–Trinajstić information content (AvgIpc) is 2.26. The van der Waals surface area contributed by atoms with Crippen LogP contribution in [0.15, 0.2) is 24.5 Å². The van der Waals surface area contributed by atoms with Crippen LogP contribution in [0.25, 0.3) is 11.3 Å². The molecule has 0 fully saturated rings. The zero-order chi connectivity index (χ0) is 11.7. The molecule has 0 aliphatic rings. The highest BCUT2D eigenvalue weighted by Crippen LogP contribution is 2.26. The van der Waals surface area contributed by atoms with Crippen LogP contribution in [0.5, 0.6) is 0 Å². The van der Waals surface area contributed by atoms with E-state index in [1.54, 1.807) is 19.1 Å². The lowest BCUT2D eigenvalue weighted by molar-refractivity contribution is 0.630. The predicted octanol–water partition coefficient (Wildman–Crippen LogP) is 2.48. The van der Waals surface area contributed by atoms with Gasteiger partial charge in [0.05, 0.1) is 5.69 Å². The lowest BCUT2D eigenvalue weighted by atomic mass is 10.0. The molecule has 0 bridgehead atoms. The maximum Gasteiger partial charge on any atom is 0.132 e. The Bertz CT molecular complexity index is 538. The van der Waals surface area contributed by atoms with E-state index in [4.69, 9.17) is 5.73 Å². The average molecular weight is 217 g/mol. The molecule has 16 heavy (non-hydrogen) atoms. The van der Waals surface area contributed by atoms with Gasteiger partial charge in [0, 0.05) is 11.1 Å². The number of halogens is 1. The summed E-state index contributed by atoms with van der Waals surface area (Å²) in [5, 5.41) is 0. The van der Waals surface area contributed by atoms with Gasteiger partial charge in [0.1, 0.15) is 18.0 Å². The Morgan fingerprint density at radius 1 is 1.19 bits per heavy atom. The third-order valence-corrected chi connectivity index (χ3v) is 2.50. The minimum atomic E-state index is -0.299. The van der Waals surface area contributed by atoms with Crippen molar-refractivity contribution in [1.82, 2.24) is 9.97 Å². The number of rotatable bonds is 1. The molecule has 2 N–H and O–H groups in total. The molecule has 0 radical (unpaired) electrons. The van der Waals surface area contributed by atoms with Crippen LogP contribution < -0.4 is 5.73 Å². The predicted molar refractivity (Wildman–Crippen MR) is 61.3 cm³/mol. The fourth-order valence-corrected chi connectivity index (χ4v) is 1.56. The van der Waals surface area contributed by atoms with Crippen LogP contribution in [0.3, 0.4) is 0 Å². The molecule has 4 heteroatoms. The van der Waals surface area contributed by atoms with Crippen molar-refractivity contribution in [2.45, 2.75) is 13.8 Å². The third-order valence-electron chi connectivity index (χ3n) is 2.50. The molecular formula is C12H12FN3. The third kappa shape index (κ3) is 1.74. The molecule has 0 unspecified atom stereocenters. The fourth-order valence-electron chi connectivity index (χ4n) is 1.56. The molecular weight excluding hydrogens is 205 g/mol. The van der Waals surface area contributed by atoms with Gasteiger partial charge >= 0.3 is 0 Å². The summed E-state index contributed by atoms with van der Waals surface area (Å²) in [5.41, 5.74) is 8.37. The van der Waals surface area contributed by atoms with Gasteiger partial charge in [-0.3, -0.25) is 0 Å². The van der Waals surface area contributed by atoms with Gasteiger partial charge in [-0.1, -0.05) is 11.6 Å². The number of hydrogen-bond acceptors (Lipinski definition) is 3.